The van der Waals surface area contributed by atoms with E-state index in [1.807, 2.05) is 6.07 Å². The van der Waals surface area contributed by atoms with Crippen LogP contribution in [0, 0.1) is 6.92 Å². The second-order valence-corrected chi connectivity index (χ2v) is 5.51. The van der Waals surface area contributed by atoms with Gasteiger partial charge in [0.25, 0.3) is 0 Å². The van der Waals surface area contributed by atoms with Gasteiger partial charge in [0.1, 0.15) is 18.1 Å². The fourth-order valence-corrected chi connectivity index (χ4v) is 2.45. The van der Waals surface area contributed by atoms with Crippen LogP contribution >= 0.6 is 0 Å². The molecule has 0 aromatic carbocycles. The normalized spacial score (nSPS) is 10.9. The third-order valence-corrected chi connectivity index (χ3v) is 3.63. The van der Waals surface area contributed by atoms with Crippen molar-refractivity contribution >= 4 is 22.5 Å². The number of amides is 1. The lowest BCUT2D eigenvalue weighted by atomic mass is 10.2. The SMILES string of the molecule is Cc1ncc(-c2cc3cc(NC(=O)Cn4ccnc4)ncc3cn2)o1. The Labute approximate surface area is 142 Å². The molecule has 0 radical (unpaired) electrons. The number of fused-ring (bicyclic) bond motifs is 1. The van der Waals surface area contributed by atoms with E-state index in [0.29, 0.717) is 23.2 Å². The molecule has 4 aromatic rings. The van der Waals surface area contributed by atoms with Crippen LogP contribution in [-0.2, 0) is 11.3 Å². The molecular formula is C17H14N6O2. The summed E-state index contributed by atoms with van der Waals surface area (Å²) in [5.41, 5.74) is 0.676. The van der Waals surface area contributed by atoms with Crippen LogP contribution in [0.4, 0.5) is 5.82 Å². The summed E-state index contributed by atoms with van der Waals surface area (Å²) in [4.78, 5) is 28.7. The number of anilines is 1. The van der Waals surface area contributed by atoms with Crippen molar-refractivity contribution < 1.29 is 9.21 Å². The molecule has 0 atom stereocenters. The van der Waals surface area contributed by atoms with E-state index in [1.54, 1.807) is 54.9 Å². The minimum Gasteiger partial charge on any atom is -0.439 e. The third-order valence-electron chi connectivity index (χ3n) is 3.63. The van der Waals surface area contributed by atoms with Gasteiger partial charge in [-0.3, -0.25) is 9.78 Å². The van der Waals surface area contributed by atoms with E-state index in [-0.39, 0.29) is 12.5 Å². The van der Waals surface area contributed by atoms with Crippen molar-refractivity contribution in [3.63, 3.8) is 0 Å². The number of nitrogens with one attached hydrogen (secondary N) is 1. The fraction of sp³-hybridized carbons (Fsp3) is 0.118. The Morgan fingerprint density at radius 1 is 1.16 bits per heavy atom. The molecule has 124 valence electrons. The first-order valence-corrected chi connectivity index (χ1v) is 7.61. The summed E-state index contributed by atoms with van der Waals surface area (Å²) in [6.07, 6.45) is 9.96. The molecule has 4 heterocycles. The number of rotatable bonds is 4. The summed E-state index contributed by atoms with van der Waals surface area (Å²) in [5.74, 6) is 1.48. The summed E-state index contributed by atoms with van der Waals surface area (Å²) < 4.78 is 7.19. The Morgan fingerprint density at radius 2 is 2.04 bits per heavy atom. The zero-order chi connectivity index (χ0) is 17.2. The van der Waals surface area contributed by atoms with Crippen LogP contribution < -0.4 is 5.32 Å². The maximum atomic E-state index is 12.1. The third kappa shape index (κ3) is 3.23. The van der Waals surface area contributed by atoms with Crippen LogP contribution in [0.25, 0.3) is 22.2 Å². The lowest BCUT2D eigenvalue weighted by Gasteiger charge is -2.06. The highest BCUT2D eigenvalue weighted by Crippen LogP contribution is 2.23. The molecule has 0 fully saturated rings. The minimum absolute atomic E-state index is 0.176. The number of aromatic nitrogens is 5. The molecule has 4 rings (SSSR count). The average Bonchev–Trinajstić information content (AvgIpc) is 3.26. The maximum Gasteiger partial charge on any atom is 0.245 e. The highest BCUT2D eigenvalue weighted by molar-refractivity contribution is 5.93. The van der Waals surface area contributed by atoms with Crippen LogP contribution in [0.2, 0.25) is 0 Å². The van der Waals surface area contributed by atoms with Gasteiger partial charge in [0.05, 0.1) is 12.5 Å². The Balaban J connectivity index is 1.59. The highest BCUT2D eigenvalue weighted by atomic mass is 16.4. The lowest BCUT2D eigenvalue weighted by molar-refractivity contribution is -0.116. The van der Waals surface area contributed by atoms with Crippen molar-refractivity contribution in [2.45, 2.75) is 13.5 Å². The molecule has 0 bridgehead atoms. The molecule has 25 heavy (non-hydrogen) atoms. The molecule has 0 saturated heterocycles. The van der Waals surface area contributed by atoms with Gasteiger partial charge in [-0.05, 0) is 17.5 Å². The number of carbonyl (C=O) groups excluding carboxylic acids is 1. The summed E-state index contributed by atoms with van der Waals surface area (Å²) in [5, 5.41) is 4.54. The van der Waals surface area contributed by atoms with Gasteiger partial charge in [-0.2, -0.15) is 0 Å². The largest absolute Gasteiger partial charge is 0.439 e. The number of hydrogen-bond acceptors (Lipinski definition) is 6. The molecule has 8 nitrogen and oxygen atoms in total. The zero-order valence-electron chi connectivity index (χ0n) is 13.4. The molecule has 8 heteroatoms. The van der Waals surface area contributed by atoms with Gasteiger partial charge in [0.15, 0.2) is 11.7 Å². The summed E-state index contributed by atoms with van der Waals surface area (Å²) in [6.45, 7) is 1.96. The molecular weight excluding hydrogens is 320 g/mol. The molecule has 0 spiro atoms. The number of oxazole rings is 1. The van der Waals surface area contributed by atoms with E-state index in [1.165, 1.54) is 0 Å². The Bertz CT molecular complexity index is 1040. The first kappa shape index (κ1) is 15.0. The van der Waals surface area contributed by atoms with Crippen molar-refractivity contribution in [1.82, 2.24) is 24.5 Å². The highest BCUT2D eigenvalue weighted by Gasteiger charge is 2.09. The number of hydrogen-bond donors (Lipinski definition) is 1. The smallest absolute Gasteiger partial charge is 0.245 e. The molecule has 4 aromatic heterocycles. The molecule has 0 saturated carbocycles. The molecule has 1 N–H and O–H groups in total. The van der Waals surface area contributed by atoms with Crippen molar-refractivity contribution in [1.29, 1.82) is 0 Å². The van der Waals surface area contributed by atoms with Gasteiger partial charge < -0.3 is 14.3 Å². The fourth-order valence-electron chi connectivity index (χ4n) is 2.45. The van der Waals surface area contributed by atoms with Gasteiger partial charge in [-0.1, -0.05) is 0 Å². The Morgan fingerprint density at radius 3 is 2.80 bits per heavy atom. The topological polar surface area (TPSA) is 98.7 Å². The van der Waals surface area contributed by atoms with Crippen molar-refractivity contribution in [2.24, 2.45) is 0 Å². The van der Waals surface area contributed by atoms with Crippen LogP contribution in [0.1, 0.15) is 5.89 Å². The number of carbonyl (C=O) groups is 1. The number of nitrogens with zero attached hydrogens (tertiary/aromatic N) is 5. The van der Waals surface area contributed by atoms with Gasteiger partial charge in [0.2, 0.25) is 5.91 Å². The summed E-state index contributed by atoms with van der Waals surface area (Å²) in [6, 6.07) is 3.68. The van der Waals surface area contributed by atoms with E-state index in [4.69, 9.17) is 4.42 Å². The van der Waals surface area contributed by atoms with Crippen molar-refractivity contribution in [3.05, 3.63) is 55.3 Å². The molecule has 0 unspecified atom stereocenters. The van der Waals surface area contributed by atoms with Gasteiger partial charge in [-0.15, -0.1) is 0 Å². The van der Waals surface area contributed by atoms with Crippen LogP contribution in [0.3, 0.4) is 0 Å². The monoisotopic (exact) mass is 334 g/mol. The van der Waals surface area contributed by atoms with Gasteiger partial charge in [0, 0.05) is 37.1 Å². The van der Waals surface area contributed by atoms with E-state index in [2.05, 4.69) is 25.3 Å². The number of imidazole rings is 1. The molecule has 0 aliphatic heterocycles. The predicted molar refractivity (Wildman–Crippen MR) is 90.6 cm³/mol. The van der Waals surface area contributed by atoms with Gasteiger partial charge >= 0.3 is 0 Å². The van der Waals surface area contributed by atoms with Crippen LogP contribution in [0.5, 0.6) is 0 Å². The quantitative estimate of drug-likeness (QED) is 0.615. The van der Waals surface area contributed by atoms with E-state index < -0.39 is 0 Å². The first-order valence-electron chi connectivity index (χ1n) is 7.61. The predicted octanol–water partition coefficient (Wildman–Crippen LogP) is 2.43. The zero-order valence-corrected chi connectivity index (χ0v) is 13.4. The second-order valence-electron chi connectivity index (χ2n) is 5.51. The summed E-state index contributed by atoms with van der Waals surface area (Å²) >= 11 is 0. The average molecular weight is 334 g/mol. The van der Waals surface area contributed by atoms with Gasteiger partial charge in [-0.25, -0.2) is 15.0 Å². The maximum absolute atomic E-state index is 12.1. The van der Waals surface area contributed by atoms with Crippen molar-refractivity contribution in [3.8, 4) is 11.5 Å². The van der Waals surface area contributed by atoms with E-state index in [9.17, 15) is 4.79 Å². The molecule has 0 aliphatic carbocycles. The first-order chi connectivity index (χ1) is 12.2. The second kappa shape index (κ2) is 6.16. The summed E-state index contributed by atoms with van der Waals surface area (Å²) in [7, 11) is 0. The lowest BCUT2D eigenvalue weighted by Crippen LogP contribution is -2.18. The van der Waals surface area contributed by atoms with Crippen molar-refractivity contribution in [2.75, 3.05) is 5.32 Å². The molecule has 0 aliphatic rings. The Hall–Kier alpha value is -3.55. The molecule has 1 amide bonds. The van der Waals surface area contributed by atoms with Crippen LogP contribution in [0.15, 0.2) is 53.9 Å². The number of aryl methyl sites for hydroxylation is 1. The number of pyridine rings is 2. The van der Waals surface area contributed by atoms with E-state index in [0.717, 1.165) is 10.8 Å². The minimum atomic E-state index is -0.176. The van der Waals surface area contributed by atoms with E-state index >= 15 is 0 Å². The standard InChI is InChI=1S/C17H14N6O2/c1-11-19-8-15(25-11)14-4-12-5-16(21-7-13(12)6-20-14)22-17(24)9-23-3-2-18-10-23/h2-8,10H,9H2,1H3,(H,21,22,24). The Kier molecular flexibility index (Phi) is 3.70. The van der Waals surface area contributed by atoms with Crippen LogP contribution in [-0.4, -0.2) is 30.4 Å².